The Balaban J connectivity index is 2.62. The molecule has 1 rings (SSSR count). The van der Waals surface area contributed by atoms with Gasteiger partial charge in [-0.05, 0) is 39.7 Å². The van der Waals surface area contributed by atoms with Gasteiger partial charge in [-0.3, -0.25) is 4.79 Å². The molecule has 0 unspecified atom stereocenters. The van der Waals surface area contributed by atoms with Gasteiger partial charge in [-0.2, -0.15) is 0 Å². The Hall–Kier alpha value is -1.04. The van der Waals surface area contributed by atoms with Gasteiger partial charge < -0.3 is 5.32 Å². The number of nitrogens with zero attached hydrogens (tertiary/aromatic N) is 3. The van der Waals surface area contributed by atoms with Crippen molar-refractivity contribution in [2.24, 2.45) is 5.11 Å². The first kappa shape index (κ1) is 13.0. The van der Waals surface area contributed by atoms with E-state index in [0.29, 0.717) is 16.6 Å². The van der Waals surface area contributed by atoms with Crippen LogP contribution in [0.3, 0.4) is 0 Å². The number of nitrogens with one attached hydrogen (secondary N) is 1. The second kappa shape index (κ2) is 6.52. The molecule has 0 spiro atoms. The fraction of sp³-hybridized carbons (Fsp3) is 0.222. The molecule has 1 N–H and O–H groups in total. The largest absolute Gasteiger partial charge is 0.352 e. The first-order chi connectivity index (χ1) is 7.65. The number of azide groups is 1. The average molecular weight is 348 g/mol. The Morgan fingerprint density at radius 3 is 2.88 bits per heavy atom. The van der Waals surface area contributed by atoms with E-state index in [-0.39, 0.29) is 12.5 Å². The smallest absolute Gasteiger partial charge is 0.252 e. The van der Waals surface area contributed by atoms with Crippen molar-refractivity contribution in [1.82, 2.24) is 5.32 Å². The number of carbonyl (C=O) groups excluding carboxylic acids is 1. The minimum Gasteiger partial charge on any atom is -0.352 e. The molecular formula is C9H8Br2N4O. The van der Waals surface area contributed by atoms with Gasteiger partial charge >= 0.3 is 0 Å². The van der Waals surface area contributed by atoms with Crippen LogP contribution in [0.2, 0.25) is 0 Å². The third-order valence-corrected chi connectivity index (χ3v) is 2.89. The third-order valence-electron chi connectivity index (χ3n) is 1.74. The second-order valence-corrected chi connectivity index (χ2v) is 4.60. The van der Waals surface area contributed by atoms with Crippen LogP contribution in [-0.4, -0.2) is 19.0 Å². The van der Waals surface area contributed by atoms with Gasteiger partial charge in [0, 0.05) is 26.9 Å². The van der Waals surface area contributed by atoms with E-state index in [4.69, 9.17) is 5.53 Å². The maximum Gasteiger partial charge on any atom is 0.252 e. The zero-order valence-electron chi connectivity index (χ0n) is 8.15. The van der Waals surface area contributed by atoms with E-state index in [0.717, 1.165) is 4.47 Å². The highest BCUT2D eigenvalue weighted by atomic mass is 79.9. The summed E-state index contributed by atoms with van der Waals surface area (Å²) in [5.74, 6) is -0.201. The Morgan fingerprint density at radius 2 is 2.25 bits per heavy atom. The molecule has 0 saturated heterocycles. The fourth-order valence-electron chi connectivity index (χ4n) is 1.03. The van der Waals surface area contributed by atoms with E-state index in [1.54, 1.807) is 18.2 Å². The van der Waals surface area contributed by atoms with Crippen molar-refractivity contribution in [3.05, 3.63) is 43.2 Å². The molecule has 84 valence electrons. The summed E-state index contributed by atoms with van der Waals surface area (Å²) in [7, 11) is 0. The molecule has 0 aliphatic heterocycles. The minimum atomic E-state index is -0.201. The van der Waals surface area contributed by atoms with Crippen LogP contribution in [0.15, 0.2) is 32.3 Å². The van der Waals surface area contributed by atoms with Crippen LogP contribution in [-0.2, 0) is 0 Å². The van der Waals surface area contributed by atoms with E-state index < -0.39 is 0 Å². The number of benzene rings is 1. The first-order valence-corrected chi connectivity index (χ1v) is 5.98. The van der Waals surface area contributed by atoms with Gasteiger partial charge in [0.15, 0.2) is 0 Å². The molecule has 0 atom stereocenters. The van der Waals surface area contributed by atoms with Gasteiger partial charge in [-0.1, -0.05) is 21.0 Å². The SMILES string of the molecule is [N-]=[N+]=NCCNC(=O)c1ccc(Br)cc1Br. The average Bonchev–Trinajstić information content (AvgIpc) is 2.24. The first-order valence-electron chi connectivity index (χ1n) is 4.39. The summed E-state index contributed by atoms with van der Waals surface area (Å²) in [5.41, 5.74) is 8.60. The zero-order chi connectivity index (χ0) is 12.0. The summed E-state index contributed by atoms with van der Waals surface area (Å²) >= 11 is 6.60. The van der Waals surface area contributed by atoms with Gasteiger partial charge in [0.2, 0.25) is 0 Å². The summed E-state index contributed by atoms with van der Waals surface area (Å²) in [6.45, 7) is 0.571. The van der Waals surface area contributed by atoms with Crippen molar-refractivity contribution in [2.75, 3.05) is 13.1 Å². The second-order valence-electron chi connectivity index (χ2n) is 2.83. The van der Waals surface area contributed by atoms with Crippen LogP contribution in [0.1, 0.15) is 10.4 Å². The molecule has 0 bridgehead atoms. The van der Waals surface area contributed by atoms with Crippen LogP contribution in [0.25, 0.3) is 10.4 Å². The molecule has 0 aliphatic carbocycles. The van der Waals surface area contributed by atoms with E-state index >= 15 is 0 Å². The highest BCUT2D eigenvalue weighted by Crippen LogP contribution is 2.21. The third kappa shape index (κ3) is 3.84. The Morgan fingerprint density at radius 1 is 1.50 bits per heavy atom. The van der Waals surface area contributed by atoms with Crippen molar-refractivity contribution in [3.8, 4) is 0 Å². The summed E-state index contributed by atoms with van der Waals surface area (Å²) < 4.78 is 1.60. The summed E-state index contributed by atoms with van der Waals surface area (Å²) in [4.78, 5) is 14.2. The van der Waals surface area contributed by atoms with Crippen molar-refractivity contribution in [3.63, 3.8) is 0 Å². The Kier molecular flexibility index (Phi) is 5.31. The minimum absolute atomic E-state index is 0.201. The number of hydrogen-bond donors (Lipinski definition) is 1. The van der Waals surface area contributed by atoms with Crippen molar-refractivity contribution in [1.29, 1.82) is 0 Å². The lowest BCUT2D eigenvalue weighted by Gasteiger charge is -2.05. The summed E-state index contributed by atoms with van der Waals surface area (Å²) in [6.07, 6.45) is 0. The van der Waals surface area contributed by atoms with Gasteiger partial charge in [-0.25, -0.2) is 0 Å². The van der Waals surface area contributed by atoms with Crippen molar-refractivity contribution in [2.45, 2.75) is 0 Å². The molecule has 1 aromatic rings. The quantitative estimate of drug-likeness (QED) is 0.386. The summed E-state index contributed by atoms with van der Waals surface area (Å²) in [5, 5.41) is 5.97. The number of carbonyl (C=O) groups is 1. The molecule has 0 radical (unpaired) electrons. The molecular weight excluding hydrogens is 340 g/mol. The lowest BCUT2D eigenvalue weighted by atomic mass is 10.2. The number of hydrogen-bond acceptors (Lipinski definition) is 2. The standard InChI is InChI=1S/C9H8Br2N4O/c10-6-1-2-7(8(11)5-6)9(16)13-3-4-14-15-12/h1-2,5H,3-4H2,(H,13,16). The lowest BCUT2D eigenvalue weighted by molar-refractivity contribution is 0.0954. The molecule has 1 aromatic carbocycles. The monoisotopic (exact) mass is 346 g/mol. The molecule has 0 aromatic heterocycles. The predicted molar refractivity (Wildman–Crippen MR) is 68.2 cm³/mol. The fourth-order valence-corrected chi connectivity index (χ4v) is 2.26. The van der Waals surface area contributed by atoms with Crippen LogP contribution < -0.4 is 5.32 Å². The molecule has 1 amide bonds. The molecule has 16 heavy (non-hydrogen) atoms. The van der Waals surface area contributed by atoms with Crippen molar-refractivity contribution < 1.29 is 4.79 Å². The zero-order valence-corrected chi connectivity index (χ0v) is 11.3. The number of amides is 1. The number of rotatable bonds is 4. The van der Waals surface area contributed by atoms with Crippen LogP contribution in [0.4, 0.5) is 0 Å². The van der Waals surface area contributed by atoms with Gasteiger partial charge in [-0.15, -0.1) is 0 Å². The predicted octanol–water partition coefficient (Wildman–Crippen LogP) is 3.25. The van der Waals surface area contributed by atoms with Crippen molar-refractivity contribution >= 4 is 37.8 Å². The van der Waals surface area contributed by atoms with Gasteiger partial charge in [0.05, 0.1) is 5.56 Å². The molecule has 7 heteroatoms. The highest BCUT2D eigenvalue weighted by Gasteiger charge is 2.08. The maximum absolute atomic E-state index is 11.6. The molecule has 0 heterocycles. The highest BCUT2D eigenvalue weighted by molar-refractivity contribution is 9.11. The van der Waals surface area contributed by atoms with E-state index in [2.05, 4.69) is 47.2 Å². The molecule has 0 aliphatic rings. The van der Waals surface area contributed by atoms with Crippen LogP contribution in [0, 0.1) is 0 Å². The van der Waals surface area contributed by atoms with Crippen LogP contribution in [0.5, 0.6) is 0 Å². The van der Waals surface area contributed by atoms with E-state index in [1.165, 1.54) is 0 Å². The molecule has 5 nitrogen and oxygen atoms in total. The van der Waals surface area contributed by atoms with E-state index in [1.807, 2.05) is 0 Å². The number of halogens is 2. The maximum atomic E-state index is 11.6. The Labute approximate surface area is 109 Å². The van der Waals surface area contributed by atoms with Gasteiger partial charge in [0.1, 0.15) is 0 Å². The topological polar surface area (TPSA) is 77.9 Å². The van der Waals surface area contributed by atoms with Gasteiger partial charge in [0.25, 0.3) is 5.91 Å². The summed E-state index contributed by atoms with van der Waals surface area (Å²) in [6, 6.07) is 5.28. The lowest BCUT2D eigenvalue weighted by Crippen LogP contribution is -2.26. The molecule has 0 saturated carbocycles. The normalized spacial score (nSPS) is 9.38. The van der Waals surface area contributed by atoms with Crippen LogP contribution >= 0.6 is 31.9 Å². The molecule has 0 fully saturated rings. The van der Waals surface area contributed by atoms with E-state index in [9.17, 15) is 4.79 Å². The Bertz CT molecular complexity index is 443.